The maximum Gasteiger partial charge on any atom is 0.266 e. The standard InChI is InChI=1S/C21H20N2O3S/c1-3-6-15-14-7-4-5-8-18(14)27-20(15)21(25)22-13-9-10-17-16(11-13)23(2)19(24)12-26-17/h4-5,7-11H,3,6,12H2,1-2H3,(H,22,25). The van der Waals surface area contributed by atoms with Crippen LogP contribution in [0.5, 0.6) is 5.75 Å². The molecule has 2 heterocycles. The Morgan fingerprint density at radius 3 is 2.89 bits per heavy atom. The zero-order valence-electron chi connectivity index (χ0n) is 15.2. The summed E-state index contributed by atoms with van der Waals surface area (Å²) < 4.78 is 6.56. The predicted molar refractivity (Wildman–Crippen MR) is 109 cm³/mol. The third-order valence-electron chi connectivity index (χ3n) is 4.71. The lowest BCUT2D eigenvalue weighted by atomic mass is 10.1. The first-order chi connectivity index (χ1) is 13.1. The number of thiophene rings is 1. The third kappa shape index (κ3) is 3.17. The number of ether oxygens (including phenoxy) is 1. The van der Waals surface area contributed by atoms with E-state index in [9.17, 15) is 9.59 Å². The van der Waals surface area contributed by atoms with E-state index >= 15 is 0 Å². The van der Waals surface area contributed by atoms with Gasteiger partial charge in [-0.15, -0.1) is 11.3 Å². The van der Waals surface area contributed by atoms with Crippen molar-refractivity contribution in [1.29, 1.82) is 0 Å². The second-order valence-corrected chi connectivity index (χ2v) is 7.59. The fourth-order valence-corrected chi connectivity index (χ4v) is 4.46. The molecule has 138 valence electrons. The average Bonchev–Trinajstić information content (AvgIpc) is 3.04. The SMILES string of the molecule is CCCc1c(C(=O)Nc2ccc3c(c2)N(C)C(=O)CO3)sc2ccccc12. The smallest absolute Gasteiger partial charge is 0.266 e. The Hall–Kier alpha value is -2.86. The van der Waals surface area contributed by atoms with Crippen molar-refractivity contribution in [1.82, 2.24) is 0 Å². The van der Waals surface area contributed by atoms with Crippen LogP contribution in [0.15, 0.2) is 42.5 Å². The fourth-order valence-electron chi connectivity index (χ4n) is 3.32. The van der Waals surface area contributed by atoms with Crippen molar-refractivity contribution in [3.8, 4) is 5.75 Å². The molecular weight excluding hydrogens is 360 g/mol. The molecule has 0 saturated carbocycles. The lowest BCUT2D eigenvalue weighted by Gasteiger charge is -2.26. The first-order valence-electron chi connectivity index (χ1n) is 8.93. The number of hydrogen-bond acceptors (Lipinski definition) is 4. The number of hydrogen-bond donors (Lipinski definition) is 1. The van der Waals surface area contributed by atoms with Gasteiger partial charge in [-0.05, 0) is 41.6 Å². The van der Waals surface area contributed by atoms with E-state index in [0.29, 0.717) is 17.1 Å². The van der Waals surface area contributed by atoms with Crippen molar-refractivity contribution in [3.05, 3.63) is 52.9 Å². The molecule has 0 spiro atoms. The zero-order valence-corrected chi connectivity index (χ0v) is 16.1. The van der Waals surface area contributed by atoms with Crippen molar-refractivity contribution in [2.45, 2.75) is 19.8 Å². The van der Waals surface area contributed by atoms with Crippen LogP contribution < -0.4 is 15.0 Å². The van der Waals surface area contributed by atoms with Crippen LogP contribution in [0.3, 0.4) is 0 Å². The lowest BCUT2D eigenvalue weighted by molar-refractivity contribution is -0.120. The van der Waals surface area contributed by atoms with Crippen LogP contribution in [-0.4, -0.2) is 25.5 Å². The summed E-state index contributed by atoms with van der Waals surface area (Å²) in [5.41, 5.74) is 2.40. The number of fused-ring (bicyclic) bond motifs is 2. The molecule has 1 aliphatic rings. The molecule has 1 aromatic heterocycles. The highest BCUT2D eigenvalue weighted by Gasteiger charge is 2.23. The number of carbonyl (C=O) groups excluding carboxylic acids is 2. The second-order valence-electron chi connectivity index (χ2n) is 6.53. The highest BCUT2D eigenvalue weighted by atomic mass is 32.1. The Morgan fingerprint density at radius 2 is 2.07 bits per heavy atom. The van der Waals surface area contributed by atoms with Gasteiger partial charge in [0.15, 0.2) is 6.61 Å². The Morgan fingerprint density at radius 1 is 1.26 bits per heavy atom. The maximum atomic E-state index is 13.0. The summed E-state index contributed by atoms with van der Waals surface area (Å²) in [6, 6.07) is 13.5. The molecule has 3 aromatic rings. The van der Waals surface area contributed by atoms with E-state index in [1.807, 2.05) is 18.2 Å². The van der Waals surface area contributed by atoms with Crippen molar-refractivity contribution in [2.75, 3.05) is 23.9 Å². The molecule has 1 aliphatic heterocycles. The van der Waals surface area contributed by atoms with E-state index in [2.05, 4.69) is 18.3 Å². The molecule has 0 aliphatic carbocycles. The van der Waals surface area contributed by atoms with Crippen LogP contribution in [0.25, 0.3) is 10.1 Å². The molecule has 2 aromatic carbocycles. The summed E-state index contributed by atoms with van der Waals surface area (Å²) in [6.07, 6.45) is 1.84. The number of rotatable bonds is 4. The molecule has 0 unspecified atom stereocenters. The normalized spacial score (nSPS) is 13.4. The number of nitrogens with one attached hydrogen (secondary N) is 1. The highest BCUT2D eigenvalue weighted by molar-refractivity contribution is 7.21. The first-order valence-corrected chi connectivity index (χ1v) is 9.75. The fraction of sp³-hybridized carbons (Fsp3) is 0.238. The van der Waals surface area contributed by atoms with Gasteiger partial charge >= 0.3 is 0 Å². The number of nitrogens with zero attached hydrogens (tertiary/aromatic N) is 1. The van der Waals surface area contributed by atoms with Gasteiger partial charge in [-0.2, -0.15) is 0 Å². The van der Waals surface area contributed by atoms with Crippen molar-refractivity contribution in [2.24, 2.45) is 0 Å². The minimum absolute atomic E-state index is 0.0391. The number of likely N-dealkylation sites (N-methyl/N-ethyl adjacent to an activating group) is 1. The number of amides is 2. The van der Waals surface area contributed by atoms with Crippen LogP contribution in [0.2, 0.25) is 0 Å². The molecule has 0 atom stereocenters. The molecule has 4 rings (SSSR count). The topological polar surface area (TPSA) is 58.6 Å². The van der Waals surface area contributed by atoms with E-state index in [4.69, 9.17) is 4.74 Å². The van der Waals surface area contributed by atoms with Crippen molar-refractivity contribution in [3.63, 3.8) is 0 Å². The monoisotopic (exact) mass is 380 g/mol. The lowest BCUT2D eigenvalue weighted by Crippen LogP contribution is -2.35. The van der Waals surface area contributed by atoms with Crippen LogP contribution in [0, 0.1) is 0 Å². The molecule has 6 heteroatoms. The molecular formula is C21H20N2O3S. The van der Waals surface area contributed by atoms with Gasteiger partial charge in [0.05, 0.1) is 10.6 Å². The van der Waals surface area contributed by atoms with Crippen LogP contribution in [0.1, 0.15) is 28.6 Å². The quantitative estimate of drug-likeness (QED) is 0.727. The number of carbonyl (C=O) groups is 2. The van der Waals surface area contributed by atoms with Crippen LogP contribution >= 0.6 is 11.3 Å². The van der Waals surface area contributed by atoms with Gasteiger partial charge in [0.2, 0.25) is 0 Å². The summed E-state index contributed by atoms with van der Waals surface area (Å²) in [5, 5.41) is 4.13. The van der Waals surface area contributed by atoms with Crippen molar-refractivity contribution >= 4 is 44.6 Å². The molecule has 0 fully saturated rings. The van der Waals surface area contributed by atoms with E-state index in [1.54, 1.807) is 30.1 Å². The Balaban J connectivity index is 1.66. The summed E-state index contributed by atoms with van der Waals surface area (Å²) in [7, 11) is 1.71. The van der Waals surface area contributed by atoms with E-state index in [-0.39, 0.29) is 18.4 Å². The minimum Gasteiger partial charge on any atom is -0.482 e. The number of anilines is 2. The number of aryl methyl sites for hydroxylation is 1. The summed E-state index contributed by atoms with van der Waals surface area (Å²) in [5.74, 6) is 0.412. The Labute approximate surface area is 161 Å². The first kappa shape index (κ1) is 17.5. The Bertz CT molecular complexity index is 1040. The predicted octanol–water partition coefficient (Wildman–Crippen LogP) is 4.46. The molecule has 1 N–H and O–H groups in total. The maximum absolute atomic E-state index is 13.0. The largest absolute Gasteiger partial charge is 0.482 e. The molecule has 27 heavy (non-hydrogen) atoms. The van der Waals surface area contributed by atoms with Gasteiger partial charge in [0.1, 0.15) is 5.75 Å². The third-order valence-corrected chi connectivity index (χ3v) is 5.92. The van der Waals surface area contributed by atoms with Gasteiger partial charge in [0, 0.05) is 17.4 Å². The Kier molecular flexibility index (Phi) is 4.58. The zero-order chi connectivity index (χ0) is 19.0. The summed E-state index contributed by atoms with van der Waals surface area (Å²) >= 11 is 1.52. The van der Waals surface area contributed by atoms with Gasteiger partial charge in [-0.3, -0.25) is 9.59 Å². The molecule has 0 radical (unpaired) electrons. The number of benzene rings is 2. The van der Waals surface area contributed by atoms with Gasteiger partial charge < -0.3 is 15.0 Å². The minimum atomic E-state index is -0.120. The van der Waals surface area contributed by atoms with E-state index in [0.717, 1.165) is 33.4 Å². The second kappa shape index (κ2) is 7.04. The van der Waals surface area contributed by atoms with E-state index < -0.39 is 0 Å². The van der Waals surface area contributed by atoms with Crippen LogP contribution in [0.4, 0.5) is 11.4 Å². The molecule has 0 bridgehead atoms. The van der Waals surface area contributed by atoms with Gasteiger partial charge in [-0.25, -0.2) is 0 Å². The van der Waals surface area contributed by atoms with Gasteiger partial charge in [0.25, 0.3) is 11.8 Å². The van der Waals surface area contributed by atoms with Crippen molar-refractivity contribution < 1.29 is 14.3 Å². The summed E-state index contributed by atoms with van der Waals surface area (Å²) in [6.45, 7) is 2.15. The highest BCUT2D eigenvalue weighted by Crippen LogP contribution is 2.35. The summed E-state index contributed by atoms with van der Waals surface area (Å²) in [4.78, 5) is 27.1. The average molecular weight is 380 g/mol. The van der Waals surface area contributed by atoms with Crippen LogP contribution in [-0.2, 0) is 11.2 Å². The van der Waals surface area contributed by atoms with E-state index in [1.165, 1.54) is 11.3 Å². The molecule has 2 amide bonds. The molecule has 5 nitrogen and oxygen atoms in total. The molecule has 0 saturated heterocycles. The van der Waals surface area contributed by atoms with Gasteiger partial charge in [-0.1, -0.05) is 31.5 Å².